The molecule has 0 radical (unpaired) electrons. The van der Waals surface area contributed by atoms with Crippen LogP contribution in [0.5, 0.6) is 0 Å². The van der Waals surface area contributed by atoms with E-state index in [0.29, 0.717) is 0 Å². The normalized spacial score (nSPS) is 18.1. The van der Waals surface area contributed by atoms with Gasteiger partial charge >= 0.3 is 0 Å². The molecule has 4 rings (SSSR count). The minimum atomic E-state index is 0.0449. The van der Waals surface area contributed by atoms with Gasteiger partial charge in [0.2, 0.25) is 0 Å². The maximum Gasteiger partial charge on any atom is 0.112 e. The lowest BCUT2D eigenvalue weighted by Crippen LogP contribution is -2.37. The molecule has 1 fully saturated rings. The summed E-state index contributed by atoms with van der Waals surface area (Å²) in [6.07, 6.45) is 4.93. The van der Waals surface area contributed by atoms with Crippen LogP contribution in [-0.2, 0) is 17.7 Å². The van der Waals surface area contributed by atoms with Gasteiger partial charge in [-0.3, -0.25) is 9.88 Å². The fraction of sp³-hybridized carbons (Fsp3) is 0.333. The third kappa shape index (κ3) is 4.36. The van der Waals surface area contributed by atoms with Crippen molar-refractivity contribution in [3.63, 3.8) is 0 Å². The Balaban J connectivity index is 1.38. The standard InChI is InChI=1S/C21H23N3OS/c1-16-22-13-19(26-16)14-24-9-10-25-21(15-24)20-8-7-18(12-23-20)11-17-5-3-2-4-6-17/h2-8,12-13,21H,9-11,14-15H2,1H3. The Morgan fingerprint density at radius 1 is 1.08 bits per heavy atom. The Morgan fingerprint density at radius 3 is 2.69 bits per heavy atom. The molecule has 0 amide bonds. The first-order chi connectivity index (χ1) is 12.8. The van der Waals surface area contributed by atoms with Gasteiger partial charge in [0.1, 0.15) is 6.10 Å². The summed E-state index contributed by atoms with van der Waals surface area (Å²) in [5.41, 5.74) is 3.56. The minimum absolute atomic E-state index is 0.0449. The van der Waals surface area contributed by atoms with Gasteiger partial charge in [-0.25, -0.2) is 4.98 Å². The molecule has 1 saturated heterocycles. The summed E-state index contributed by atoms with van der Waals surface area (Å²) in [6, 6.07) is 14.8. The van der Waals surface area contributed by atoms with Crippen molar-refractivity contribution in [1.29, 1.82) is 0 Å². The van der Waals surface area contributed by atoms with Crippen LogP contribution in [-0.4, -0.2) is 34.6 Å². The number of ether oxygens (including phenoxy) is 1. The summed E-state index contributed by atoms with van der Waals surface area (Å²) in [5, 5.41) is 1.13. The first kappa shape index (κ1) is 17.3. The molecule has 1 aromatic carbocycles. The first-order valence-electron chi connectivity index (χ1n) is 9.00. The zero-order valence-electron chi connectivity index (χ0n) is 15.0. The second-order valence-corrected chi connectivity index (χ2v) is 8.01. The largest absolute Gasteiger partial charge is 0.369 e. The SMILES string of the molecule is Cc1ncc(CN2CCOC(c3ccc(Cc4ccccc4)cn3)C2)s1. The fourth-order valence-electron chi connectivity index (χ4n) is 3.29. The van der Waals surface area contributed by atoms with Crippen LogP contribution in [0.4, 0.5) is 0 Å². The van der Waals surface area contributed by atoms with E-state index in [1.165, 1.54) is 16.0 Å². The lowest BCUT2D eigenvalue weighted by atomic mass is 10.1. The van der Waals surface area contributed by atoms with Gasteiger partial charge in [0, 0.05) is 36.9 Å². The Kier molecular flexibility index (Phi) is 5.39. The van der Waals surface area contributed by atoms with Gasteiger partial charge in [-0.05, 0) is 30.5 Å². The minimum Gasteiger partial charge on any atom is -0.369 e. The molecule has 1 aliphatic rings. The topological polar surface area (TPSA) is 38.2 Å². The number of hydrogen-bond donors (Lipinski definition) is 0. The predicted molar refractivity (Wildman–Crippen MR) is 104 cm³/mol. The molecule has 0 aliphatic carbocycles. The molecule has 1 atom stereocenters. The highest BCUT2D eigenvalue weighted by Crippen LogP contribution is 2.23. The van der Waals surface area contributed by atoms with Crippen LogP contribution < -0.4 is 0 Å². The molecule has 3 aromatic rings. The summed E-state index contributed by atoms with van der Waals surface area (Å²) in [7, 11) is 0. The summed E-state index contributed by atoms with van der Waals surface area (Å²) in [5.74, 6) is 0. The second kappa shape index (κ2) is 8.08. The predicted octanol–water partition coefficient (Wildman–Crippen LogP) is 4.01. The fourth-order valence-corrected chi connectivity index (χ4v) is 4.12. The molecule has 2 aromatic heterocycles. The van der Waals surface area contributed by atoms with Crippen LogP contribution in [0, 0.1) is 6.92 Å². The molecule has 26 heavy (non-hydrogen) atoms. The molecule has 0 N–H and O–H groups in total. The van der Waals surface area contributed by atoms with E-state index in [1.54, 1.807) is 11.3 Å². The Morgan fingerprint density at radius 2 is 1.96 bits per heavy atom. The lowest BCUT2D eigenvalue weighted by Gasteiger charge is -2.32. The molecule has 1 unspecified atom stereocenters. The number of rotatable bonds is 5. The molecule has 0 spiro atoms. The molecule has 1 aliphatic heterocycles. The van der Waals surface area contributed by atoms with Gasteiger partial charge in [-0.15, -0.1) is 11.3 Å². The van der Waals surface area contributed by atoms with Gasteiger partial charge in [0.25, 0.3) is 0 Å². The summed E-state index contributed by atoms with van der Waals surface area (Å²) in [6.45, 7) is 5.58. The van der Waals surface area contributed by atoms with Crippen LogP contribution in [0.3, 0.4) is 0 Å². The number of aromatic nitrogens is 2. The molecule has 0 bridgehead atoms. The van der Waals surface area contributed by atoms with Gasteiger partial charge in [0.15, 0.2) is 0 Å². The van der Waals surface area contributed by atoms with Crippen LogP contribution in [0.1, 0.15) is 32.8 Å². The average Bonchev–Trinajstić information content (AvgIpc) is 3.08. The van der Waals surface area contributed by atoms with Crippen molar-refractivity contribution < 1.29 is 4.74 Å². The monoisotopic (exact) mass is 365 g/mol. The van der Waals surface area contributed by atoms with Crippen LogP contribution in [0.15, 0.2) is 54.9 Å². The first-order valence-corrected chi connectivity index (χ1v) is 9.82. The van der Waals surface area contributed by atoms with Crippen molar-refractivity contribution in [2.45, 2.75) is 26.0 Å². The molecule has 0 saturated carbocycles. The smallest absolute Gasteiger partial charge is 0.112 e. The summed E-state index contributed by atoms with van der Waals surface area (Å²) in [4.78, 5) is 12.8. The van der Waals surface area contributed by atoms with Crippen molar-refractivity contribution in [2.24, 2.45) is 0 Å². The number of benzene rings is 1. The van der Waals surface area contributed by atoms with Gasteiger partial charge in [0.05, 0.1) is 17.3 Å². The van der Waals surface area contributed by atoms with E-state index >= 15 is 0 Å². The molecule has 134 valence electrons. The van der Waals surface area contributed by atoms with E-state index in [4.69, 9.17) is 4.74 Å². The number of pyridine rings is 1. The quantitative estimate of drug-likeness (QED) is 0.685. The Labute approximate surface area is 158 Å². The zero-order chi connectivity index (χ0) is 17.8. The second-order valence-electron chi connectivity index (χ2n) is 6.69. The molecular formula is C21H23N3OS. The molecular weight excluding hydrogens is 342 g/mol. The van der Waals surface area contributed by atoms with E-state index < -0.39 is 0 Å². The van der Waals surface area contributed by atoms with Crippen LogP contribution in [0.25, 0.3) is 0 Å². The Hall–Kier alpha value is -2.08. The number of thiazole rings is 1. The maximum atomic E-state index is 5.98. The third-order valence-electron chi connectivity index (χ3n) is 4.63. The van der Waals surface area contributed by atoms with Crippen molar-refractivity contribution in [1.82, 2.24) is 14.9 Å². The van der Waals surface area contributed by atoms with Crippen molar-refractivity contribution in [2.75, 3.05) is 19.7 Å². The zero-order valence-corrected chi connectivity index (χ0v) is 15.8. The number of aryl methyl sites for hydroxylation is 1. The molecule has 4 nitrogen and oxygen atoms in total. The van der Waals surface area contributed by atoms with E-state index in [9.17, 15) is 0 Å². The average molecular weight is 366 g/mol. The number of morpholine rings is 1. The van der Waals surface area contributed by atoms with Crippen molar-refractivity contribution in [3.8, 4) is 0 Å². The van der Waals surface area contributed by atoms with Crippen molar-refractivity contribution in [3.05, 3.63) is 81.6 Å². The third-order valence-corrected chi connectivity index (χ3v) is 5.53. The number of hydrogen-bond acceptors (Lipinski definition) is 5. The van der Waals surface area contributed by atoms with Gasteiger partial charge in [-0.1, -0.05) is 36.4 Å². The van der Waals surface area contributed by atoms with Crippen LogP contribution >= 0.6 is 11.3 Å². The van der Waals surface area contributed by atoms with E-state index in [0.717, 1.165) is 43.4 Å². The van der Waals surface area contributed by atoms with Crippen LogP contribution in [0.2, 0.25) is 0 Å². The molecule has 5 heteroatoms. The summed E-state index contributed by atoms with van der Waals surface area (Å²) < 4.78 is 5.98. The van der Waals surface area contributed by atoms with E-state index in [1.807, 2.05) is 18.5 Å². The summed E-state index contributed by atoms with van der Waals surface area (Å²) >= 11 is 1.77. The highest BCUT2D eigenvalue weighted by Gasteiger charge is 2.23. The van der Waals surface area contributed by atoms with Gasteiger partial charge in [-0.2, -0.15) is 0 Å². The van der Waals surface area contributed by atoms with Crippen molar-refractivity contribution >= 4 is 11.3 Å². The Bertz CT molecular complexity index is 832. The maximum absolute atomic E-state index is 5.98. The van der Waals surface area contributed by atoms with E-state index in [-0.39, 0.29) is 6.10 Å². The molecule has 3 heterocycles. The highest BCUT2D eigenvalue weighted by molar-refractivity contribution is 7.11. The number of nitrogens with zero attached hydrogens (tertiary/aromatic N) is 3. The lowest BCUT2D eigenvalue weighted by molar-refractivity contribution is -0.0347. The van der Waals surface area contributed by atoms with Gasteiger partial charge < -0.3 is 4.74 Å². The van der Waals surface area contributed by atoms with E-state index in [2.05, 4.69) is 58.2 Å². The highest BCUT2D eigenvalue weighted by atomic mass is 32.1.